The molecule has 6 nitrogen and oxygen atoms in total. The number of benzene rings is 1. The third kappa shape index (κ3) is 3.40. The summed E-state index contributed by atoms with van der Waals surface area (Å²) in [4.78, 5) is 19.1. The summed E-state index contributed by atoms with van der Waals surface area (Å²) in [5.41, 5.74) is 1.81. The fourth-order valence-electron chi connectivity index (χ4n) is 3.50. The van der Waals surface area contributed by atoms with Crippen molar-refractivity contribution < 1.29 is 9.21 Å². The number of amides is 1. The van der Waals surface area contributed by atoms with Gasteiger partial charge in [0.1, 0.15) is 11.5 Å². The van der Waals surface area contributed by atoms with Gasteiger partial charge in [-0.25, -0.2) is 4.98 Å². The Morgan fingerprint density at radius 3 is 2.88 bits per heavy atom. The van der Waals surface area contributed by atoms with Crippen molar-refractivity contribution in [3.63, 3.8) is 0 Å². The largest absolute Gasteiger partial charge is 0.445 e. The van der Waals surface area contributed by atoms with E-state index in [4.69, 9.17) is 4.42 Å². The first-order valence-corrected chi connectivity index (χ1v) is 8.96. The monoisotopic (exact) mass is 350 g/mol. The van der Waals surface area contributed by atoms with E-state index in [1.165, 1.54) is 5.56 Å². The van der Waals surface area contributed by atoms with E-state index in [0.29, 0.717) is 12.2 Å². The van der Waals surface area contributed by atoms with Crippen molar-refractivity contribution in [2.45, 2.75) is 25.2 Å². The van der Waals surface area contributed by atoms with Gasteiger partial charge in [-0.15, -0.1) is 0 Å². The number of carbonyl (C=O) groups excluding carboxylic acids is 1. The molecule has 3 heterocycles. The fourth-order valence-corrected chi connectivity index (χ4v) is 3.50. The predicted octanol–water partition coefficient (Wildman–Crippen LogP) is 3.02. The zero-order valence-electron chi connectivity index (χ0n) is 14.8. The van der Waals surface area contributed by atoms with Crippen LogP contribution in [0.3, 0.4) is 0 Å². The van der Waals surface area contributed by atoms with E-state index < -0.39 is 0 Å². The molecule has 2 aromatic heterocycles. The molecule has 0 saturated carbocycles. The lowest BCUT2D eigenvalue weighted by molar-refractivity contribution is 0.0686. The molecular weight excluding hydrogens is 328 g/mol. The number of rotatable bonds is 4. The summed E-state index contributed by atoms with van der Waals surface area (Å²) in [6.07, 6.45) is 6.13. The van der Waals surface area contributed by atoms with Crippen LogP contribution in [0.15, 0.2) is 53.2 Å². The Balaban J connectivity index is 1.45. The molecule has 1 aliphatic rings. The summed E-state index contributed by atoms with van der Waals surface area (Å²) in [7, 11) is 1.79. The van der Waals surface area contributed by atoms with Gasteiger partial charge in [0.25, 0.3) is 5.91 Å². The summed E-state index contributed by atoms with van der Waals surface area (Å²) >= 11 is 0. The standard InChI is InChI=1S/C20H22N4O2/c1-23-18(9-10-22-23)20(25)24-11-5-8-16(14-24)19-21-13-17(26-19)12-15-6-3-2-4-7-15/h2-4,6-7,9-10,13,16H,5,8,11-12,14H2,1H3/t16-/m1/s1. The van der Waals surface area contributed by atoms with E-state index in [1.54, 1.807) is 24.0 Å². The molecule has 0 N–H and O–H groups in total. The lowest BCUT2D eigenvalue weighted by Gasteiger charge is -2.31. The van der Waals surface area contributed by atoms with Gasteiger partial charge in [-0.05, 0) is 24.5 Å². The second kappa shape index (κ2) is 7.15. The summed E-state index contributed by atoms with van der Waals surface area (Å²) in [6.45, 7) is 1.40. The second-order valence-electron chi connectivity index (χ2n) is 6.76. The van der Waals surface area contributed by atoms with Crippen LogP contribution in [0.4, 0.5) is 0 Å². The molecule has 0 bridgehead atoms. The van der Waals surface area contributed by atoms with Crippen LogP contribution < -0.4 is 0 Å². The molecule has 6 heteroatoms. The zero-order chi connectivity index (χ0) is 17.9. The Bertz CT molecular complexity index is 884. The molecule has 26 heavy (non-hydrogen) atoms. The summed E-state index contributed by atoms with van der Waals surface area (Å²) < 4.78 is 7.62. The van der Waals surface area contributed by atoms with E-state index >= 15 is 0 Å². The van der Waals surface area contributed by atoms with Gasteiger partial charge < -0.3 is 9.32 Å². The van der Waals surface area contributed by atoms with Gasteiger partial charge in [0.15, 0.2) is 5.89 Å². The minimum atomic E-state index is 0.0192. The van der Waals surface area contributed by atoms with Crippen molar-refractivity contribution in [3.8, 4) is 0 Å². The first-order chi connectivity index (χ1) is 12.7. The predicted molar refractivity (Wildman–Crippen MR) is 96.8 cm³/mol. The van der Waals surface area contributed by atoms with Crippen molar-refractivity contribution in [2.75, 3.05) is 13.1 Å². The van der Waals surface area contributed by atoms with Gasteiger partial charge in [0, 0.05) is 32.8 Å². The van der Waals surface area contributed by atoms with Gasteiger partial charge in [-0.3, -0.25) is 9.48 Å². The van der Waals surface area contributed by atoms with Gasteiger partial charge in [-0.1, -0.05) is 30.3 Å². The number of hydrogen-bond donors (Lipinski definition) is 0. The molecule has 1 aromatic carbocycles. The topological polar surface area (TPSA) is 64.2 Å². The smallest absolute Gasteiger partial charge is 0.272 e. The number of oxazole rings is 1. The molecule has 3 aromatic rings. The minimum Gasteiger partial charge on any atom is -0.445 e. The van der Waals surface area contributed by atoms with Gasteiger partial charge >= 0.3 is 0 Å². The molecule has 0 radical (unpaired) electrons. The van der Waals surface area contributed by atoms with E-state index in [1.807, 2.05) is 29.3 Å². The highest BCUT2D eigenvalue weighted by Crippen LogP contribution is 2.28. The normalized spacial score (nSPS) is 17.4. The fraction of sp³-hybridized carbons (Fsp3) is 0.350. The van der Waals surface area contributed by atoms with Crippen molar-refractivity contribution >= 4 is 5.91 Å². The Morgan fingerprint density at radius 2 is 2.12 bits per heavy atom. The molecule has 4 rings (SSSR count). The van der Waals surface area contributed by atoms with Crippen molar-refractivity contribution in [3.05, 3.63) is 71.7 Å². The third-order valence-electron chi connectivity index (χ3n) is 4.89. The number of nitrogens with zero attached hydrogens (tertiary/aromatic N) is 4. The van der Waals surface area contributed by atoms with Crippen LogP contribution in [-0.2, 0) is 13.5 Å². The quantitative estimate of drug-likeness (QED) is 0.725. The van der Waals surface area contributed by atoms with E-state index in [9.17, 15) is 4.79 Å². The van der Waals surface area contributed by atoms with Crippen LogP contribution in [0, 0.1) is 0 Å². The Kier molecular flexibility index (Phi) is 4.56. The van der Waals surface area contributed by atoms with Crippen LogP contribution in [0.5, 0.6) is 0 Å². The van der Waals surface area contributed by atoms with E-state index in [-0.39, 0.29) is 11.8 Å². The van der Waals surface area contributed by atoms with Gasteiger partial charge in [0.05, 0.1) is 12.1 Å². The third-order valence-corrected chi connectivity index (χ3v) is 4.89. The zero-order valence-corrected chi connectivity index (χ0v) is 14.8. The maximum atomic E-state index is 12.7. The Hall–Kier alpha value is -2.89. The Morgan fingerprint density at radius 1 is 1.27 bits per heavy atom. The van der Waals surface area contributed by atoms with Crippen molar-refractivity contribution in [2.24, 2.45) is 7.05 Å². The molecule has 0 spiro atoms. The highest BCUT2D eigenvalue weighted by atomic mass is 16.4. The average Bonchev–Trinajstić information content (AvgIpc) is 3.31. The molecule has 0 unspecified atom stereocenters. The first-order valence-electron chi connectivity index (χ1n) is 8.96. The van der Waals surface area contributed by atoms with Gasteiger partial charge in [-0.2, -0.15) is 5.10 Å². The summed E-state index contributed by atoms with van der Waals surface area (Å²) in [5.74, 6) is 1.76. The summed E-state index contributed by atoms with van der Waals surface area (Å²) in [6, 6.07) is 12.0. The second-order valence-corrected chi connectivity index (χ2v) is 6.76. The van der Waals surface area contributed by atoms with Gasteiger partial charge in [0.2, 0.25) is 0 Å². The average molecular weight is 350 g/mol. The lowest BCUT2D eigenvalue weighted by Crippen LogP contribution is -2.40. The maximum absolute atomic E-state index is 12.7. The van der Waals surface area contributed by atoms with Crippen LogP contribution in [0.1, 0.15) is 46.5 Å². The van der Waals surface area contributed by atoms with E-state index in [2.05, 4.69) is 22.2 Å². The van der Waals surface area contributed by atoms with E-state index in [0.717, 1.165) is 37.5 Å². The minimum absolute atomic E-state index is 0.0192. The molecular formula is C20H22N4O2. The molecule has 134 valence electrons. The number of aryl methyl sites for hydroxylation is 1. The van der Waals surface area contributed by atoms with Crippen LogP contribution in [-0.4, -0.2) is 38.7 Å². The lowest BCUT2D eigenvalue weighted by atomic mass is 9.97. The van der Waals surface area contributed by atoms with Crippen LogP contribution in [0.2, 0.25) is 0 Å². The number of piperidine rings is 1. The molecule has 1 fully saturated rings. The molecule has 0 aliphatic carbocycles. The van der Waals surface area contributed by atoms with Crippen molar-refractivity contribution in [1.29, 1.82) is 0 Å². The van der Waals surface area contributed by atoms with Crippen molar-refractivity contribution in [1.82, 2.24) is 19.7 Å². The first kappa shape index (κ1) is 16.6. The number of carbonyl (C=O) groups is 1. The molecule has 1 saturated heterocycles. The van der Waals surface area contributed by atoms with Crippen LogP contribution >= 0.6 is 0 Å². The number of hydrogen-bond acceptors (Lipinski definition) is 4. The van der Waals surface area contributed by atoms with Crippen LogP contribution in [0.25, 0.3) is 0 Å². The SMILES string of the molecule is Cn1nccc1C(=O)N1CCC[C@@H](c2ncc(Cc3ccccc3)o2)C1. The summed E-state index contributed by atoms with van der Waals surface area (Å²) in [5, 5.41) is 4.09. The number of aromatic nitrogens is 3. The molecule has 1 amide bonds. The molecule has 1 atom stereocenters. The highest BCUT2D eigenvalue weighted by molar-refractivity contribution is 5.92. The number of likely N-dealkylation sites (tertiary alicyclic amines) is 1. The Labute approximate surface area is 152 Å². The maximum Gasteiger partial charge on any atom is 0.272 e. The highest BCUT2D eigenvalue weighted by Gasteiger charge is 2.29. The molecule has 1 aliphatic heterocycles.